The van der Waals surface area contributed by atoms with Gasteiger partial charge >= 0.3 is 0 Å². The summed E-state index contributed by atoms with van der Waals surface area (Å²) in [5.74, 6) is 0. The largest absolute Gasteiger partial charge is 0.407 e. The van der Waals surface area contributed by atoms with E-state index in [-0.39, 0.29) is 0 Å². The van der Waals surface area contributed by atoms with E-state index < -0.39 is 0 Å². The van der Waals surface area contributed by atoms with E-state index in [0.717, 1.165) is 7.41 Å². The number of hydrogen-bond acceptors (Lipinski definition) is 1. The van der Waals surface area contributed by atoms with Crippen molar-refractivity contribution in [2.75, 3.05) is 0 Å². The first-order chi connectivity index (χ1) is 1.91. The number of rotatable bonds is 1. The minimum absolute atomic E-state index is 1.07. The third-order valence-electron chi connectivity index (χ3n) is 0.354. The Morgan fingerprint density at radius 2 is 2.25 bits per heavy atom. The SMILES string of the molecule is BNBC. The molecule has 0 aromatic heterocycles. The highest BCUT2D eigenvalue weighted by Crippen LogP contribution is 1.28. The summed E-state index contributed by atoms with van der Waals surface area (Å²) in [5, 5.41) is 2.93. The lowest BCUT2D eigenvalue weighted by Crippen LogP contribution is -2.08. The van der Waals surface area contributed by atoms with Crippen LogP contribution >= 0.6 is 0 Å². The highest BCUT2D eigenvalue weighted by atomic mass is 14.6. The summed E-state index contributed by atoms with van der Waals surface area (Å²) in [6, 6.07) is 0. The van der Waals surface area contributed by atoms with Crippen LogP contribution in [0, 0.1) is 0 Å². The molecule has 0 radical (unpaired) electrons. The Morgan fingerprint density at radius 3 is 2.25 bits per heavy atom. The first-order valence-corrected chi connectivity index (χ1v) is 1.56. The fourth-order valence-electron chi connectivity index (χ4n) is 0. The summed E-state index contributed by atoms with van der Waals surface area (Å²) in [6.07, 6.45) is 0. The lowest BCUT2D eigenvalue weighted by molar-refractivity contribution is 1.62. The van der Waals surface area contributed by atoms with Crippen LogP contribution in [-0.2, 0) is 0 Å². The molecular formula is CH7B2N. The highest BCUT2D eigenvalue weighted by Gasteiger charge is 1.58. The van der Waals surface area contributed by atoms with Crippen molar-refractivity contribution in [3.05, 3.63) is 0 Å². The average molecular weight is 54.7 g/mol. The quantitative estimate of drug-likeness (QED) is 0.360. The van der Waals surface area contributed by atoms with Gasteiger partial charge in [0.25, 0.3) is 0 Å². The zero-order chi connectivity index (χ0) is 3.41. The number of nitrogens with one attached hydrogen (secondary N) is 1. The molecule has 0 bridgehead atoms. The maximum Gasteiger partial charge on any atom is 0.186 e. The molecular weight excluding hydrogens is 47.6 g/mol. The molecule has 0 saturated carbocycles. The molecule has 1 nitrogen and oxygen atoms in total. The van der Waals surface area contributed by atoms with Crippen molar-refractivity contribution in [1.29, 1.82) is 0 Å². The normalized spacial score (nSPS) is 6.25. The summed E-state index contributed by atoms with van der Waals surface area (Å²) in [7, 11) is 3.00. The van der Waals surface area contributed by atoms with Gasteiger partial charge in [0.1, 0.15) is 0 Å². The standard InChI is InChI=1S/CH7B2N/c1-3-4-2/h3-4H,2H2,1H3. The van der Waals surface area contributed by atoms with Gasteiger partial charge in [-0.05, 0) is 0 Å². The van der Waals surface area contributed by atoms with Crippen LogP contribution in [-0.4, -0.2) is 15.4 Å². The van der Waals surface area contributed by atoms with E-state index in [2.05, 4.69) is 12.0 Å². The first-order valence-electron chi connectivity index (χ1n) is 1.56. The predicted molar refractivity (Wildman–Crippen MR) is 24.7 cm³/mol. The number of hydrogen-bond donors (Lipinski definition) is 1. The second-order valence-corrected chi connectivity index (χ2v) is 0.707. The summed E-state index contributed by atoms with van der Waals surface area (Å²) in [4.78, 5) is 0. The van der Waals surface area contributed by atoms with Crippen molar-refractivity contribution in [2.45, 2.75) is 6.82 Å². The van der Waals surface area contributed by atoms with Crippen LogP contribution in [0.25, 0.3) is 0 Å². The van der Waals surface area contributed by atoms with Crippen LogP contribution in [0.2, 0.25) is 6.82 Å². The molecule has 0 aliphatic heterocycles. The van der Waals surface area contributed by atoms with E-state index >= 15 is 0 Å². The van der Waals surface area contributed by atoms with Gasteiger partial charge in [-0.15, -0.1) is 0 Å². The van der Waals surface area contributed by atoms with Crippen LogP contribution < -0.4 is 5.14 Å². The summed E-state index contributed by atoms with van der Waals surface area (Å²) in [6.45, 7) is 2.07. The van der Waals surface area contributed by atoms with Crippen LogP contribution in [0.4, 0.5) is 0 Å². The summed E-state index contributed by atoms with van der Waals surface area (Å²) >= 11 is 0. The molecule has 0 amide bonds. The second-order valence-electron chi connectivity index (χ2n) is 0.707. The van der Waals surface area contributed by atoms with E-state index in [1.165, 1.54) is 0 Å². The van der Waals surface area contributed by atoms with E-state index in [0.29, 0.717) is 0 Å². The smallest absolute Gasteiger partial charge is 0.186 e. The molecule has 0 spiro atoms. The van der Waals surface area contributed by atoms with Crippen molar-refractivity contribution >= 4 is 15.4 Å². The van der Waals surface area contributed by atoms with Crippen molar-refractivity contribution in [3.8, 4) is 0 Å². The zero-order valence-electron chi connectivity index (χ0n) is 3.21. The van der Waals surface area contributed by atoms with Gasteiger partial charge in [0.15, 0.2) is 15.4 Å². The van der Waals surface area contributed by atoms with Crippen LogP contribution in [0.5, 0.6) is 0 Å². The molecule has 0 aromatic carbocycles. The molecule has 0 aliphatic carbocycles. The molecule has 0 heterocycles. The Kier molecular flexibility index (Phi) is 3.16. The predicted octanol–water partition coefficient (Wildman–Crippen LogP) is -1.48. The van der Waals surface area contributed by atoms with E-state index in [1.54, 1.807) is 0 Å². The fraction of sp³-hybridized carbons (Fsp3) is 1.00. The monoisotopic (exact) mass is 55.1 g/mol. The molecule has 0 aromatic rings. The maximum atomic E-state index is 2.93. The van der Waals surface area contributed by atoms with E-state index in [4.69, 9.17) is 0 Å². The van der Waals surface area contributed by atoms with Crippen molar-refractivity contribution < 1.29 is 0 Å². The van der Waals surface area contributed by atoms with Gasteiger partial charge in [-0.1, -0.05) is 6.82 Å². The molecule has 0 aliphatic rings. The van der Waals surface area contributed by atoms with Gasteiger partial charge in [0.05, 0.1) is 0 Å². The third kappa shape index (κ3) is 2.09. The van der Waals surface area contributed by atoms with Crippen molar-refractivity contribution in [3.63, 3.8) is 0 Å². The highest BCUT2D eigenvalue weighted by molar-refractivity contribution is 6.40. The van der Waals surface area contributed by atoms with E-state index in [1.807, 2.05) is 7.98 Å². The van der Waals surface area contributed by atoms with Crippen molar-refractivity contribution in [1.82, 2.24) is 5.14 Å². The lowest BCUT2D eigenvalue weighted by Gasteiger charge is -1.71. The molecule has 0 unspecified atom stereocenters. The first kappa shape index (κ1) is 4.09. The van der Waals surface area contributed by atoms with Gasteiger partial charge in [-0.25, -0.2) is 0 Å². The fourth-order valence-corrected chi connectivity index (χ4v) is 0. The molecule has 22 valence electrons. The molecule has 4 heavy (non-hydrogen) atoms. The van der Waals surface area contributed by atoms with Gasteiger partial charge in [0, 0.05) is 0 Å². The van der Waals surface area contributed by atoms with Gasteiger partial charge in [-0.2, -0.15) is 0 Å². The van der Waals surface area contributed by atoms with Gasteiger partial charge < -0.3 is 5.14 Å². The lowest BCUT2D eigenvalue weighted by atomic mass is 9.97. The van der Waals surface area contributed by atoms with Crippen LogP contribution in [0.3, 0.4) is 0 Å². The average Bonchev–Trinajstić information content (AvgIpc) is 1.37. The zero-order valence-corrected chi connectivity index (χ0v) is 3.21. The summed E-state index contributed by atoms with van der Waals surface area (Å²) in [5.41, 5.74) is 0. The molecule has 0 atom stereocenters. The molecule has 3 heteroatoms. The van der Waals surface area contributed by atoms with Crippen LogP contribution in [0.1, 0.15) is 0 Å². The van der Waals surface area contributed by atoms with Crippen LogP contribution in [0.15, 0.2) is 0 Å². The molecule has 0 rings (SSSR count). The Hall–Kier alpha value is 0.0899. The third-order valence-corrected chi connectivity index (χ3v) is 0.354. The second kappa shape index (κ2) is 3.09. The topological polar surface area (TPSA) is 12.0 Å². The minimum atomic E-state index is 1.07. The Labute approximate surface area is 28.5 Å². The maximum absolute atomic E-state index is 2.93. The molecule has 1 N–H and O–H groups in total. The van der Waals surface area contributed by atoms with Gasteiger partial charge in [-0.3, -0.25) is 0 Å². The minimum Gasteiger partial charge on any atom is -0.407 e. The molecule has 0 fully saturated rings. The Bertz CT molecular complexity index is 8.00. The summed E-state index contributed by atoms with van der Waals surface area (Å²) < 4.78 is 0. The molecule has 0 saturated heterocycles. The Morgan fingerprint density at radius 1 is 2.00 bits per heavy atom. The van der Waals surface area contributed by atoms with E-state index in [9.17, 15) is 0 Å². The Balaban J connectivity index is 1.97. The van der Waals surface area contributed by atoms with Crippen molar-refractivity contribution in [2.24, 2.45) is 0 Å². The van der Waals surface area contributed by atoms with Gasteiger partial charge in [0.2, 0.25) is 0 Å².